The van der Waals surface area contributed by atoms with Gasteiger partial charge in [-0.1, -0.05) is 6.07 Å². The van der Waals surface area contributed by atoms with E-state index in [1.54, 1.807) is 23.8 Å². The van der Waals surface area contributed by atoms with Crippen LogP contribution in [-0.4, -0.2) is 21.8 Å². The van der Waals surface area contributed by atoms with E-state index in [1.807, 2.05) is 0 Å². The van der Waals surface area contributed by atoms with Gasteiger partial charge in [-0.2, -0.15) is 15.7 Å². The van der Waals surface area contributed by atoms with Gasteiger partial charge in [0.25, 0.3) is 5.91 Å². The second-order valence-electron chi connectivity index (χ2n) is 5.50. The molecule has 1 fully saturated rings. The van der Waals surface area contributed by atoms with Crippen molar-refractivity contribution in [1.29, 1.82) is 0 Å². The number of hydrogen-bond acceptors (Lipinski definition) is 5. The van der Waals surface area contributed by atoms with Gasteiger partial charge in [-0.05, 0) is 40.9 Å². The molecule has 0 radical (unpaired) electrons. The molecule has 0 spiro atoms. The predicted octanol–water partition coefficient (Wildman–Crippen LogP) is 2.76. The maximum absolute atomic E-state index is 13.7. The SMILES string of the molecule is C[C@]1(c2ccsc2)NC(=O)N(Cc2ccc([N+](=O)[O-])c(F)c2)C1=O. The zero-order chi connectivity index (χ0) is 17.5. The molecule has 24 heavy (non-hydrogen) atoms. The third-order valence-electron chi connectivity index (χ3n) is 3.92. The predicted molar refractivity (Wildman–Crippen MR) is 83.8 cm³/mol. The minimum atomic E-state index is -1.17. The molecule has 7 nitrogen and oxygen atoms in total. The van der Waals surface area contributed by atoms with E-state index in [1.165, 1.54) is 17.4 Å². The monoisotopic (exact) mass is 349 g/mol. The van der Waals surface area contributed by atoms with E-state index < -0.39 is 33.9 Å². The van der Waals surface area contributed by atoms with Crippen molar-refractivity contribution < 1.29 is 18.9 Å². The number of rotatable bonds is 4. The van der Waals surface area contributed by atoms with Crippen LogP contribution in [0, 0.1) is 15.9 Å². The van der Waals surface area contributed by atoms with Crippen LogP contribution in [0.1, 0.15) is 18.1 Å². The Labute approximate surface area is 139 Å². The molecular weight excluding hydrogens is 337 g/mol. The molecule has 1 aromatic carbocycles. The summed E-state index contributed by atoms with van der Waals surface area (Å²) in [6.45, 7) is 1.44. The highest BCUT2D eigenvalue weighted by Gasteiger charge is 2.49. The Morgan fingerprint density at radius 3 is 2.71 bits per heavy atom. The Morgan fingerprint density at radius 2 is 2.12 bits per heavy atom. The van der Waals surface area contributed by atoms with Gasteiger partial charge in [0.05, 0.1) is 11.5 Å². The smallest absolute Gasteiger partial charge is 0.319 e. The van der Waals surface area contributed by atoms with Crippen molar-refractivity contribution in [1.82, 2.24) is 10.2 Å². The summed E-state index contributed by atoms with van der Waals surface area (Å²) in [4.78, 5) is 35.6. The molecule has 124 valence electrons. The highest BCUT2D eigenvalue weighted by Crippen LogP contribution is 2.31. The van der Waals surface area contributed by atoms with Crippen LogP contribution in [0.2, 0.25) is 0 Å². The first kappa shape index (κ1) is 16.1. The van der Waals surface area contributed by atoms with E-state index in [0.29, 0.717) is 5.56 Å². The maximum atomic E-state index is 13.7. The van der Waals surface area contributed by atoms with Gasteiger partial charge >= 0.3 is 11.7 Å². The number of nitrogens with zero attached hydrogens (tertiary/aromatic N) is 2. The number of nitro groups is 1. The highest BCUT2D eigenvalue weighted by atomic mass is 32.1. The van der Waals surface area contributed by atoms with Gasteiger partial charge in [-0.3, -0.25) is 19.8 Å². The molecule has 9 heteroatoms. The first-order valence-electron chi connectivity index (χ1n) is 6.92. The first-order valence-corrected chi connectivity index (χ1v) is 7.87. The molecule has 1 aromatic heterocycles. The van der Waals surface area contributed by atoms with Gasteiger partial charge in [-0.25, -0.2) is 4.79 Å². The number of thiophene rings is 1. The van der Waals surface area contributed by atoms with Gasteiger partial charge in [0, 0.05) is 6.07 Å². The summed E-state index contributed by atoms with van der Waals surface area (Å²) in [7, 11) is 0. The number of amides is 3. The Bertz CT molecular complexity index is 839. The Balaban J connectivity index is 1.86. The lowest BCUT2D eigenvalue weighted by Gasteiger charge is -2.20. The minimum Gasteiger partial charge on any atom is -0.319 e. The fourth-order valence-corrected chi connectivity index (χ4v) is 3.33. The Morgan fingerprint density at radius 1 is 1.38 bits per heavy atom. The van der Waals surface area contributed by atoms with Gasteiger partial charge in [0.15, 0.2) is 0 Å². The standard InChI is InChI=1S/C15H12FN3O4S/c1-15(10-4-5-24-8-10)13(20)18(14(21)17-15)7-9-2-3-12(19(22)23)11(16)6-9/h2-6,8H,7H2,1H3,(H,17,21)/t15-/m1/s1. The largest absolute Gasteiger partial charge is 0.325 e. The van der Waals surface area contributed by atoms with Crippen molar-refractivity contribution in [2.24, 2.45) is 0 Å². The summed E-state index contributed by atoms with van der Waals surface area (Å²) in [5.74, 6) is -1.46. The van der Waals surface area contributed by atoms with Crippen LogP contribution in [0.5, 0.6) is 0 Å². The van der Waals surface area contributed by atoms with E-state index >= 15 is 0 Å². The van der Waals surface area contributed by atoms with Gasteiger partial charge < -0.3 is 5.32 Å². The third-order valence-corrected chi connectivity index (χ3v) is 4.61. The fraction of sp³-hybridized carbons (Fsp3) is 0.200. The molecule has 1 atom stereocenters. The quantitative estimate of drug-likeness (QED) is 0.522. The second-order valence-corrected chi connectivity index (χ2v) is 6.28. The number of nitrogens with one attached hydrogen (secondary N) is 1. The molecule has 2 aromatic rings. The molecular formula is C15H12FN3O4S. The summed E-state index contributed by atoms with van der Waals surface area (Å²) in [6, 6.07) is 4.45. The van der Waals surface area contributed by atoms with Crippen molar-refractivity contribution in [3.8, 4) is 0 Å². The normalized spacial score (nSPS) is 20.3. The lowest BCUT2D eigenvalue weighted by atomic mass is 9.95. The molecule has 1 N–H and O–H groups in total. The van der Waals surface area contributed by atoms with E-state index in [0.717, 1.165) is 17.0 Å². The minimum absolute atomic E-state index is 0.167. The summed E-state index contributed by atoms with van der Waals surface area (Å²) >= 11 is 1.40. The number of hydrogen-bond donors (Lipinski definition) is 1. The number of carbonyl (C=O) groups excluding carboxylic acids is 2. The fourth-order valence-electron chi connectivity index (χ4n) is 2.56. The number of benzene rings is 1. The van der Waals surface area contributed by atoms with E-state index in [9.17, 15) is 24.1 Å². The first-order chi connectivity index (χ1) is 11.3. The van der Waals surface area contributed by atoms with Gasteiger partial charge in [0.1, 0.15) is 5.54 Å². The van der Waals surface area contributed by atoms with Crippen LogP contribution in [0.15, 0.2) is 35.0 Å². The van der Waals surface area contributed by atoms with Crippen LogP contribution in [0.3, 0.4) is 0 Å². The summed E-state index contributed by atoms with van der Waals surface area (Å²) in [5.41, 5.74) is -0.866. The lowest BCUT2D eigenvalue weighted by Crippen LogP contribution is -2.40. The van der Waals surface area contributed by atoms with Crippen LogP contribution >= 0.6 is 11.3 Å². The Kier molecular flexibility index (Phi) is 3.80. The summed E-state index contributed by atoms with van der Waals surface area (Å²) in [6.07, 6.45) is 0. The molecule has 3 amide bonds. The molecule has 0 aliphatic carbocycles. The van der Waals surface area contributed by atoms with Crippen molar-refractivity contribution in [2.75, 3.05) is 0 Å². The van der Waals surface area contributed by atoms with Crippen LogP contribution in [-0.2, 0) is 16.9 Å². The number of halogens is 1. The van der Waals surface area contributed by atoms with Crippen molar-refractivity contribution in [3.63, 3.8) is 0 Å². The maximum Gasteiger partial charge on any atom is 0.325 e. The van der Waals surface area contributed by atoms with Crippen molar-refractivity contribution in [2.45, 2.75) is 19.0 Å². The van der Waals surface area contributed by atoms with Crippen LogP contribution < -0.4 is 5.32 Å². The molecule has 2 heterocycles. The van der Waals surface area contributed by atoms with E-state index in [4.69, 9.17) is 0 Å². The number of urea groups is 1. The zero-order valence-electron chi connectivity index (χ0n) is 12.5. The molecule has 1 saturated heterocycles. The van der Waals surface area contributed by atoms with E-state index in [-0.39, 0.29) is 12.1 Å². The van der Waals surface area contributed by atoms with Gasteiger partial charge in [0.2, 0.25) is 5.82 Å². The highest BCUT2D eigenvalue weighted by molar-refractivity contribution is 7.08. The topological polar surface area (TPSA) is 92.6 Å². The molecule has 0 bridgehead atoms. The molecule has 1 aliphatic rings. The summed E-state index contributed by atoms with van der Waals surface area (Å²) < 4.78 is 13.7. The van der Waals surface area contributed by atoms with Crippen LogP contribution in [0.25, 0.3) is 0 Å². The number of carbonyl (C=O) groups is 2. The van der Waals surface area contributed by atoms with Crippen molar-refractivity contribution in [3.05, 3.63) is 62.1 Å². The van der Waals surface area contributed by atoms with Crippen molar-refractivity contribution >= 4 is 29.0 Å². The number of imide groups is 1. The average molecular weight is 349 g/mol. The molecule has 0 saturated carbocycles. The Hall–Kier alpha value is -2.81. The molecule has 0 unspecified atom stereocenters. The average Bonchev–Trinajstić information content (AvgIpc) is 3.12. The molecule has 1 aliphatic heterocycles. The number of nitro benzene ring substituents is 1. The van der Waals surface area contributed by atoms with E-state index in [2.05, 4.69) is 5.32 Å². The third kappa shape index (κ3) is 2.52. The summed E-state index contributed by atoms with van der Waals surface area (Å²) in [5, 5.41) is 16.8. The van der Waals surface area contributed by atoms with Crippen LogP contribution in [0.4, 0.5) is 14.9 Å². The second kappa shape index (κ2) is 5.68. The van der Waals surface area contributed by atoms with Gasteiger partial charge in [-0.15, -0.1) is 0 Å². The molecule has 3 rings (SSSR count). The zero-order valence-corrected chi connectivity index (χ0v) is 13.3. The lowest BCUT2D eigenvalue weighted by molar-refractivity contribution is -0.387.